The Bertz CT molecular complexity index is 1010. The van der Waals surface area contributed by atoms with Crippen molar-refractivity contribution in [2.75, 3.05) is 5.32 Å². The molecule has 0 fully saturated rings. The average molecular weight is 415 g/mol. The second-order valence-corrected chi connectivity index (χ2v) is 7.96. The number of rotatable bonds is 7. The fraction of sp³-hybridized carbons (Fsp3) is 0.286. The summed E-state index contributed by atoms with van der Waals surface area (Å²) in [6.07, 6.45) is -0.632. The van der Waals surface area contributed by atoms with Gasteiger partial charge in [-0.1, -0.05) is 36.0 Å². The van der Waals surface area contributed by atoms with E-state index in [0.29, 0.717) is 0 Å². The minimum Gasteiger partial charge on any atom is -0.478 e. The number of carbonyl (C=O) groups excluding carboxylic acids is 1. The molecule has 0 aliphatic rings. The topological polar surface area (TPSA) is 77.2 Å². The number of halogens is 1. The first kappa shape index (κ1) is 20.9. The van der Waals surface area contributed by atoms with Crippen LogP contribution in [-0.4, -0.2) is 21.4 Å². The summed E-state index contributed by atoms with van der Waals surface area (Å²) < 4.78 is 24.8. The molecule has 0 aliphatic carbocycles. The SMILES string of the molecule is Cc1ccc(C)c(NC(=O)[C@H](C)Sc2nnc([C@H](C)Oc3ccccc3F)o2)c1. The Morgan fingerprint density at radius 3 is 2.69 bits per heavy atom. The highest BCUT2D eigenvalue weighted by Crippen LogP contribution is 2.28. The van der Waals surface area contributed by atoms with Gasteiger partial charge in [0, 0.05) is 5.69 Å². The molecule has 0 aliphatic heterocycles. The minimum absolute atomic E-state index is 0.105. The molecular weight excluding hydrogens is 393 g/mol. The van der Waals surface area contributed by atoms with E-state index in [4.69, 9.17) is 9.15 Å². The van der Waals surface area contributed by atoms with E-state index in [2.05, 4.69) is 15.5 Å². The Hall–Kier alpha value is -2.87. The zero-order valence-corrected chi connectivity index (χ0v) is 17.4. The van der Waals surface area contributed by atoms with Gasteiger partial charge in [-0.05, 0) is 57.0 Å². The van der Waals surface area contributed by atoms with Crippen LogP contribution in [0.4, 0.5) is 10.1 Å². The zero-order chi connectivity index (χ0) is 21.0. The number of hydrogen-bond acceptors (Lipinski definition) is 6. The van der Waals surface area contributed by atoms with Crippen LogP contribution in [0.2, 0.25) is 0 Å². The molecule has 1 N–H and O–H groups in total. The summed E-state index contributed by atoms with van der Waals surface area (Å²) in [6.45, 7) is 7.35. The highest BCUT2D eigenvalue weighted by Gasteiger charge is 2.22. The maximum Gasteiger partial charge on any atom is 0.277 e. The summed E-state index contributed by atoms with van der Waals surface area (Å²) >= 11 is 1.15. The summed E-state index contributed by atoms with van der Waals surface area (Å²) in [6, 6.07) is 12.0. The Balaban J connectivity index is 1.61. The standard InChI is InChI=1S/C21H22FN3O3S/c1-12-9-10-13(2)17(11-12)23-19(26)15(4)29-21-25-24-20(28-21)14(3)27-18-8-6-5-7-16(18)22/h5-11,14-15H,1-4H3,(H,23,26)/t14-,15-/m0/s1. The fourth-order valence-corrected chi connectivity index (χ4v) is 3.21. The van der Waals surface area contributed by atoms with E-state index in [-0.39, 0.29) is 22.8 Å². The van der Waals surface area contributed by atoms with Crippen molar-refractivity contribution in [2.45, 2.75) is 44.3 Å². The molecule has 3 rings (SSSR count). The third kappa shape index (κ3) is 5.35. The van der Waals surface area contributed by atoms with Crippen molar-refractivity contribution in [3.05, 3.63) is 65.3 Å². The normalized spacial score (nSPS) is 13.0. The van der Waals surface area contributed by atoms with Crippen LogP contribution >= 0.6 is 11.8 Å². The first-order chi connectivity index (χ1) is 13.8. The van der Waals surface area contributed by atoms with Gasteiger partial charge in [0.1, 0.15) is 0 Å². The van der Waals surface area contributed by atoms with Crippen LogP contribution in [0.25, 0.3) is 0 Å². The Labute approximate surface area is 172 Å². The van der Waals surface area contributed by atoms with Gasteiger partial charge >= 0.3 is 0 Å². The molecule has 0 saturated carbocycles. The third-order valence-electron chi connectivity index (χ3n) is 4.21. The van der Waals surface area contributed by atoms with Crippen LogP contribution in [0, 0.1) is 19.7 Å². The van der Waals surface area contributed by atoms with Gasteiger partial charge in [-0.25, -0.2) is 4.39 Å². The maximum atomic E-state index is 13.7. The number of aryl methyl sites for hydroxylation is 2. The van der Waals surface area contributed by atoms with Crippen LogP contribution in [0.1, 0.15) is 37.0 Å². The number of ether oxygens (including phenoxy) is 1. The van der Waals surface area contributed by atoms with Crippen molar-refractivity contribution in [1.29, 1.82) is 0 Å². The number of anilines is 1. The molecule has 0 unspecified atom stereocenters. The van der Waals surface area contributed by atoms with E-state index in [1.165, 1.54) is 12.1 Å². The Morgan fingerprint density at radius 1 is 1.17 bits per heavy atom. The lowest BCUT2D eigenvalue weighted by atomic mass is 10.1. The largest absolute Gasteiger partial charge is 0.478 e. The second kappa shape index (κ2) is 9.09. The molecule has 0 bridgehead atoms. The predicted molar refractivity (Wildman–Crippen MR) is 110 cm³/mol. The molecule has 0 spiro atoms. The van der Waals surface area contributed by atoms with Crippen LogP contribution in [0.15, 0.2) is 52.1 Å². The van der Waals surface area contributed by atoms with Crippen LogP contribution < -0.4 is 10.1 Å². The highest BCUT2D eigenvalue weighted by atomic mass is 32.2. The summed E-state index contributed by atoms with van der Waals surface area (Å²) in [4.78, 5) is 12.5. The summed E-state index contributed by atoms with van der Waals surface area (Å²) in [5.74, 6) is -0.323. The molecule has 8 heteroatoms. The minimum atomic E-state index is -0.632. The lowest BCUT2D eigenvalue weighted by Crippen LogP contribution is -2.22. The molecule has 1 amide bonds. The number of thioether (sulfide) groups is 1. The van der Waals surface area contributed by atoms with Crippen molar-refractivity contribution >= 4 is 23.4 Å². The smallest absolute Gasteiger partial charge is 0.277 e. The van der Waals surface area contributed by atoms with Crippen molar-refractivity contribution < 1.29 is 18.3 Å². The third-order valence-corrected chi connectivity index (χ3v) is 5.14. The van der Waals surface area contributed by atoms with Gasteiger partial charge in [0.2, 0.25) is 5.91 Å². The van der Waals surface area contributed by atoms with E-state index in [1.807, 2.05) is 32.0 Å². The average Bonchev–Trinajstić information content (AvgIpc) is 3.15. The van der Waals surface area contributed by atoms with Crippen LogP contribution in [-0.2, 0) is 4.79 Å². The predicted octanol–water partition coefficient (Wildman–Crippen LogP) is 5.08. The van der Waals surface area contributed by atoms with E-state index in [0.717, 1.165) is 28.6 Å². The number of amides is 1. The molecule has 152 valence electrons. The molecule has 2 aromatic carbocycles. The molecule has 0 saturated heterocycles. The number of para-hydroxylation sites is 1. The molecule has 0 radical (unpaired) electrons. The number of nitrogens with zero attached hydrogens (tertiary/aromatic N) is 2. The van der Waals surface area contributed by atoms with Crippen LogP contribution in [0.3, 0.4) is 0 Å². The monoisotopic (exact) mass is 415 g/mol. The quantitative estimate of drug-likeness (QED) is 0.542. The van der Waals surface area contributed by atoms with Gasteiger partial charge in [-0.15, -0.1) is 10.2 Å². The molecule has 6 nitrogen and oxygen atoms in total. The van der Waals surface area contributed by atoms with Gasteiger partial charge in [0.25, 0.3) is 11.1 Å². The van der Waals surface area contributed by atoms with Crippen LogP contribution in [0.5, 0.6) is 5.75 Å². The first-order valence-corrected chi connectivity index (χ1v) is 10.0. The van der Waals surface area contributed by atoms with Gasteiger partial charge in [0.05, 0.1) is 5.25 Å². The molecule has 3 aromatic rings. The molecule has 1 aromatic heterocycles. The molecular formula is C21H22FN3O3S. The Morgan fingerprint density at radius 2 is 1.93 bits per heavy atom. The molecule has 29 heavy (non-hydrogen) atoms. The first-order valence-electron chi connectivity index (χ1n) is 9.13. The van der Waals surface area contributed by atoms with Crippen molar-refractivity contribution in [2.24, 2.45) is 0 Å². The van der Waals surface area contributed by atoms with E-state index in [1.54, 1.807) is 26.0 Å². The lowest BCUT2D eigenvalue weighted by Gasteiger charge is -2.13. The van der Waals surface area contributed by atoms with Crippen molar-refractivity contribution in [1.82, 2.24) is 10.2 Å². The fourth-order valence-electron chi connectivity index (χ4n) is 2.52. The summed E-state index contributed by atoms with van der Waals surface area (Å²) in [5.41, 5.74) is 2.83. The van der Waals surface area contributed by atoms with Crippen molar-refractivity contribution in [3.8, 4) is 5.75 Å². The van der Waals surface area contributed by atoms with Gasteiger partial charge < -0.3 is 14.5 Å². The van der Waals surface area contributed by atoms with Crippen molar-refractivity contribution in [3.63, 3.8) is 0 Å². The number of benzene rings is 2. The van der Waals surface area contributed by atoms with Gasteiger partial charge in [0.15, 0.2) is 17.7 Å². The number of nitrogens with one attached hydrogen (secondary N) is 1. The number of aromatic nitrogens is 2. The number of carbonyl (C=O) groups is 1. The van der Waals surface area contributed by atoms with E-state index < -0.39 is 17.2 Å². The summed E-state index contributed by atoms with van der Waals surface area (Å²) in [5, 5.41) is 10.6. The molecule has 1 heterocycles. The highest BCUT2D eigenvalue weighted by molar-refractivity contribution is 8.00. The Kier molecular flexibility index (Phi) is 6.53. The van der Waals surface area contributed by atoms with E-state index >= 15 is 0 Å². The summed E-state index contributed by atoms with van der Waals surface area (Å²) in [7, 11) is 0. The zero-order valence-electron chi connectivity index (χ0n) is 16.6. The number of hydrogen-bond donors (Lipinski definition) is 1. The van der Waals surface area contributed by atoms with Gasteiger partial charge in [-0.2, -0.15) is 0 Å². The van der Waals surface area contributed by atoms with E-state index in [9.17, 15) is 9.18 Å². The second-order valence-electron chi connectivity index (χ2n) is 6.66. The van der Waals surface area contributed by atoms with Gasteiger partial charge in [-0.3, -0.25) is 4.79 Å². The lowest BCUT2D eigenvalue weighted by molar-refractivity contribution is -0.115. The maximum absolute atomic E-state index is 13.7. The molecule has 2 atom stereocenters.